The summed E-state index contributed by atoms with van der Waals surface area (Å²) >= 11 is 0. The maximum atomic E-state index is 9.44. The lowest BCUT2D eigenvalue weighted by molar-refractivity contribution is 0.281. The molecule has 1 unspecified atom stereocenters. The molecule has 106 valence electrons. The molecule has 0 amide bonds. The van der Waals surface area contributed by atoms with Crippen molar-refractivity contribution in [3.63, 3.8) is 0 Å². The zero-order valence-corrected chi connectivity index (χ0v) is 12.4. The van der Waals surface area contributed by atoms with Crippen LogP contribution in [0.2, 0.25) is 0 Å². The number of aliphatic hydroxyl groups excluding tert-OH is 1. The molecule has 0 bridgehead atoms. The summed E-state index contributed by atoms with van der Waals surface area (Å²) in [4.78, 5) is 7.23. The Bertz CT molecular complexity index is 417. The molecule has 1 aromatic heterocycles. The van der Waals surface area contributed by atoms with Gasteiger partial charge in [-0.15, -0.1) is 0 Å². The summed E-state index contributed by atoms with van der Waals surface area (Å²) in [6, 6.07) is 4.62. The van der Waals surface area contributed by atoms with E-state index in [4.69, 9.17) is 4.98 Å². The highest BCUT2D eigenvalue weighted by molar-refractivity contribution is 5.44. The molecule has 1 N–H and O–H groups in total. The third kappa shape index (κ3) is 3.47. The predicted molar refractivity (Wildman–Crippen MR) is 79.5 cm³/mol. The number of pyridine rings is 1. The second kappa shape index (κ2) is 6.38. The Hall–Kier alpha value is -1.09. The van der Waals surface area contributed by atoms with Crippen LogP contribution in [0.4, 0.5) is 5.82 Å². The largest absolute Gasteiger partial charge is 0.392 e. The Morgan fingerprint density at radius 3 is 2.79 bits per heavy atom. The van der Waals surface area contributed by atoms with Crippen molar-refractivity contribution in [3.8, 4) is 0 Å². The van der Waals surface area contributed by atoms with E-state index in [1.165, 1.54) is 25.7 Å². The van der Waals surface area contributed by atoms with Gasteiger partial charge in [0.25, 0.3) is 0 Å². The van der Waals surface area contributed by atoms with E-state index in [9.17, 15) is 5.11 Å². The lowest BCUT2D eigenvalue weighted by atomic mass is 10.1. The van der Waals surface area contributed by atoms with E-state index >= 15 is 0 Å². The first-order chi connectivity index (χ1) is 9.11. The van der Waals surface area contributed by atoms with Gasteiger partial charge in [-0.3, -0.25) is 0 Å². The molecule has 0 aliphatic carbocycles. The van der Waals surface area contributed by atoms with Gasteiger partial charge in [0.1, 0.15) is 5.82 Å². The topological polar surface area (TPSA) is 36.4 Å². The number of hydrogen-bond donors (Lipinski definition) is 1. The van der Waals surface area contributed by atoms with Gasteiger partial charge < -0.3 is 10.0 Å². The highest BCUT2D eigenvalue weighted by atomic mass is 16.3. The first-order valence-electron chi connectivity index (χ1n) is 7.50. The van der Waals surface area contributed by atoms with Gasteiger partial charge >= 0.3 is 0 Å². The standard InChI is InChI=1S/C16H26N2O/c1-12(2)15-9-14(11-19)10-16(17-15)18-8-6-4-5-7-13(18)3/h9-10,12-13,19H,4-8,11H2,1-3H3. The first-order valence-corrected chi connectivity index (χ1v) is 7.50. The quantitative estimate of drug-likeness (QED) is 0.906. The SMILES string of the molecule is CC(C)c1cc(CO)cc(N2CCCCCC2C)n1. The average molecular weight is 262 g/mol. The maximum absolute atomic E-state index is 9.44. The smallest absolute Gasteiger partial charge is 0.129 e. The fourth-order valence-corrected chi connectivity index (χ4v) is 2.74. The average Bonchev–Trinajstić information content (AvgIpc) is 2.62. The van der Waals surface area contributed by atoms with Crippen molar-refractivity contribution < 1.29 is 5.11 Å². The van der Waals surface area contributed by atoms with Crippen molar-refractivity contribution in [1.82, 2.24) is 4.98 Å². The van der Waals surface area contributed by atoms with E-state index in [2.05, 4.69) is 25.7 Å². The predicted octanol–water partition coefficient (Wildman–Crippen LogP) is 3.47. The fourth-order valence-electron chi connectivity index (χ4n) is 2.74. The Morgan fingerprint density at radius 1 is 1.32 bits per heavy atom. The lowest BCUT2D eigenvalue weighted by Gasteiger charge is -2.29. The Morgan fingerprint density at radius 2 is 2.11 bits per heavy atom. The van der Waals surface area contributed by atoms with Crippen molar-refractivity contribution in [1.29, 1.82) is 0 Å². The third-order valence-corrected chi connectivity index (χ3v) is 4.01. The van der Waals surface area contributed by atoms with E-state index in [1.54, 1.807) is 0 Å². The molecule has 1 aliphatic rings. The highest BCUT2D eigenvalue weighted by Gasteiger charge is 2.19. The molecule has 1 aliphatic heterocycles. The second-order valence-electron chi connectivity index (χ2n) is 5.96. The van der Waals surface area contributed by atoms with Crippen LogP contribution < -0.4 is 4.90 Å². The molecule has 19 heavy (non-hydrogen) atoms. The van der Waals surface area contributed by atoms with Gasteiger partial charge in [0.2, 0.25) is 0 Å². The molecule has 2 heterocycles. The molecule has 0 spiro atoms. The van der Waals surface area contributed by atoms with Crippen LogP contribution in [-0.4, -0.2) is 22.7 Å². The summed E-state index contributed by atoms with van der Waals surface area (Å²) in [5.74, 6) is 1.44. The number of nitrogens with zero attached hydrogens (tertiary/aromatic N) is 2. The molecule has 1 saturated heterocycles. The van der Waals surface area contributed by atoms with Gasteiger partial charge in [0.05, 0.1) is 6.61 Å². The van der Waals surface area contributed by atoms with Crippen molar-refractivity contribution in [3.05, 3.63) is 23.4 Å². The van der Waals surface area contributed by atoms with E-state index < -0.39 is 0 Å². The summed E-state index contributed by atoms with van der Waals surface area (Å²) in [7, 11) is 0. The van der Waals surface area contributed by atoms with Crippen LogP contribution in [0.3, 0.4) is 0 Å². The number of aliphatic hydroxyl groups is 1. The Labute approximate surface area is 116 Å². The zero-order chi connectivity index (χ0) is 13.8. The monoisotopic (exact) mass is 262 g/mol. The van der Waals surface area contributed by atoms with Crippen LogP contribution in [0.1, 0.15) is 63.6 Å². The molecule has 0 aromatic carbocycles. The van der Waals surface area contributed by atoms with E-state index in [0.717, 1.165) is 23.6 Å². The molecular formula is C16H26N2O. The molecule has 0 saturated carbocycles. The van der Waals surface area contributed by atoms with Crippen LogP contribution >= 0.6 is 0 Å². The second-order valence-corrected chi connectivity index (χ2v) is 5.96. The van der Waals surface area contributed by atoms with Crippen LogP contribution in [0.5, 0.6) is 0 Å². The number of rotatable bonds is 3. The summed E-state index contributed by atoms with van der Waals surface area (Å²) < 4.78 is 0. The number of anilines is 1. The molecule has 2 rings (SSSR count). The van der Waals surface area contributed by atoms with Gasteiger partial charge in [-0.1, -0.05) is 26.7 Å². The van der Waals surface area contributed by atoms with Gasteiger partial charge in [-0.05, 0) is 43.4 Å². The summed E-state index contributed by atoms with van der Waals surface area (Å²) in [5.41, 5.74) is 2.06. The van der Waals surface area contributed by atoms with E-state index in [1.807, 2.05) is 12.1 Å². The fraction of sp³-hybridized carbons (Fsp3) is 0.688. The van der Waals surface area contributed by atoms with Crippen LogP contribution in [0, 0.1) is 0 Å². The number of hydrogen-bond acceptors (Lipinski definition) is 3. The van der Waals surface area contributed by atoms with Gasteiger partial charge in [0, 0.05) is 18.3 Å². The molecule has 1 atom stereocenters. The van der Waals surface area contributed by atoms with Crippen LogP contribution in [0.25, 0.3) is 0 Å². The molecule has 3 heteroatoms. The summed E-state index contributed by atoms with van der Waals surface area (Å²) in [6.07, 6.45) is 5.11. The minimum Gasteiger partial charge on any atom is -0.392 e. The van der Waals surface area contributed by atoms with Gasteiger partial charge in [-0.2, -0.15) is 0 Å². The first kappa shape index (κ1) is 14.3. The Kier molecular flexibility index (Phi) is 4.81. The molecular weight excluding hydrogens is 236 g/mol. The van der Waals surface area contributed by atoms with Crippen LogP contribution in [0.15, 0.2) is 12.1 Å². The maximum Gasteiger partial charge on any atom is 0.129 e. The van der Waals surface area contributed by atoms with Crippen LogP contribution in [-0.2, 0) is 6.61 Å². The van der Waals surface area contributed by atoms with Crippen molar-refractivity contribution in [2.24, 2.45) is 0 Å². The summed E-state index contributed by atoms with van der Waals surface area (Å²) in [6.45, 7) is 7.77. The zero-order valence-electron chi connectivity index (χ0n) is 12.4. The van der Waals surface area contributed by atoms with E-state index in [-0.39, 0.29) is 6.61 Å². The normalized spacial score (nSPS) is 20.7. The Balaban J connectivity index is 2.33. The minimum absolute atomic E-state index is 0.0947. The molecule has 3 nitrogen and oxygen atoms in total. The van der Waals surface area contributed by atoms with Crippen molar-refractivity contribution >= 4 is 5.82 Å². The lowest BCUT2D eigenvalue weighted by Crippen LogP contribution is -2.33. The molecule has 1 aromatic rings. The van der Waals surface area contributed by atoms with Crippen molar-refractivity contribution in [2.75, 3.05) is 11.4 Å². The highest BCUT2D eigenvalue weighted by Crippen LogP contribution is 2.25. The van der Waals surface area contributed by atoms with Crippen molar-refractivity contribution in [2.45, 2.75) is 65.0 Å². The number of aromatic nitrogens is 1. The third-order valence-electron chi connectivity index (χ3n) is 4.01. The minimum atomic E-state index is 0.0947. The molecule has 1 fully saturated rings. The summed E-state index contributed by atoms with van der Waals surface area (Å²) in [5, 5.41) is 9.44. The van der Waals surface area contributed by atoms with Gasteiger partial charge in [-0.25, -0.2) is 4.98 Å². The molecule has 0 radical (unpaired) electrons. The van der Waals surface area contributed by atoms with Gasteiger partial charge in [0.15, 0.2) is 0 Å². The van der Waals surface area contributed by atoms with E-state index in [0.29, 0.717) is 12.0 Å².